The topological polar surface area (TPSA) is 58.2 Å². The van der Waals surface area contributed by atoms with Crippen molar-refractivity contribution in [2.45, 2.75) is 25.6 Å². The van der Waals surface area contributed by atoms with Crippen LogP contribution in [0, 0.1) is 0 Å². The number of H-pyrrole nitrogens is 1. The van der Waals surface area contributed by atoms with Crippen LogP contribution in [0.1, 0.15) is 24.4 Å². The van der Waals surface area contributed by atoms with E-state index in [1.54, 1.807) is 19.3 Å². The molecule has 1 aliphatic heterocycles. The third-order valence-electron chi connectivity index (χ3n) is 4.53. The van der Waals surface area contributed by atoms with E-state index in [2.05, 4.69) is 9.97 Å². The van der Waals surface area contributed by atoms with Crippen molar-refractivity contribution in [2.75, 3.05) is 4.90 Å². The van der Waals surface area contributed by atoms with Gasteiger partial charge in [0, 0.05) is 28.7 Å². The molecule has 0 amide bonds. The summed E-state index contributed by atoms with van der Waals surface area (Å²) in [4.78, 5) is 22.6. The van der Waals surface area contributed by atoms with Crippen LogP contribution < -0.4 is 9.64 Å². The highest BCUT2D eigenvalue weighted by atomic mass is 35.5. The van der Waals surface area contributed by atoms with Gasteiger partial charge in [0.2, 0.25) is 0 Å². The molecular formula is C20H18ClN3O2. The molecule has 6 heteroatoms. The Labute approximate surface area is 156 Å². The fourth-order valence-electron chi connectivity index (χ4n) is 3.27. The molecule has 2 unspecified atom stereocenters. The number of para-hydroxylation sites is 1. The number of halogens is 1. The number of benzene rings is 2. The van der Waals surface area contributed by atoms with Crippen LogP contribution in [0.25, 0.3) is 0 Å². The van der Waals surface area contributed by atoms with E-state index in [-0.39, 0.29) is 5.78 Å². The van der Waals surface area contributed by atoms with Crippen LogP contribution in [0.3, 0.4) is 0 Å². The van der Waals surface area contributed by atoms with E-state index in [4.69, 9.17) is 16.3 Å². The number of fused-ring (bicyclic) bond motifs is 1. The maximum Gasteiger partial charge on any atom is 0.199 e. The lowest BCUT2D eigenvalue weighted by molar-refractivity contribution is -0.128. The number of nitrogens with zero attached hydrogens (tertiary/aromatic N) is 2. The molecule has 0 spiro atoms. The summed E-state index contributed by atoms with van der Waals surface area (Å²) in [6.45, 7) is 2.25. The molecule has 26 heavy (non-hydrogen) atoms. The summed E-state index contributed by atoms with van der Waals surface area (Å²) in [6.07, 6.45) is 2.97. The molecule has 3 aromatic rings. The Bertz CT molecular complexity index is 909. The zero-order valence-corrected chi connectivity index (χ0v) is 15.0. The third kappa shape index (κ3) is 3.06. The Hall–Kier alpha value is -2.79. The lowest BCUT2D eigenvalue weighted by Gasteiger charge is -2.38. The molecule has 2 aromatic carbocycles. The van der Waals surface area contributed by atoms with Crippen LogP contribution in [0.15, 0.2) is 60.9 Å². The van der Waals surface area contributed by atoms with E-state index in [1.807, 2.05) is 53.4 Å². The number of ketones is 1. The van der Waals surface area contributed by atoms with Gasteiger partial charge in [-0.05, 0) is 37.3 Å². The molecule has 0 saturated carbocycles. The number of nitrogens with one attached hydrogen (secondary N) is 1. The van der Waals surface area contributed by atoms with Crippen molar-refractivity contribution in [3.8, 4) is 5.75 Å². The van der Waals surface area contributed by atoms with Gasteiger partial charge in [0.1, 0.15) is 17.6 Å². The zero-order valence-electron chi connectivity index (χ0n) is 14.2. The summed E-state index contributed by atoms with van der Waals surface area (Å²) in [5.41, 5.74) is 1.75. The number of hydrogen-bond acceptors (Lipinski definition) is 4. The van der Waals surface area contributed by atoms with Crippen molar-refractivity contribution in [1.82, 2.24) is 9.97 Å². The largest absolute Gasteiger partial charge is 0.482 e. The Balaban J connectivity index is 1.82. The first-order valence-electron chi connectivity index (χ1n) is 8.43. The van der Waals surface area contributed by atoms with Gasteiger partial charge in [-0.2, -0.15) is 0 Å². The normalized spacial score (nSPS) is 18.9. The van der Waals surface area contributed by atoms with Gasteiger partial charge in [0.25, 0.3) is 0 Å². The highest BCUT2D eigenvalue weighted by Crippen LogP contribution is 2.39. The van der Waals surface area contributed by atoms with Crippen molar-refractivity contribution in [3.63, 3.8) is 0 Å². The van der Waals surface area contributed by atoms with Gasteiger partial charge in [-0.3, -0.25) is 4.79 Å². The monoisotopic (exact) mass is 367 g/mol. The van der Waals surface area contributed by atoms with E-state index < -0.39 is 12.1 Å². The fraction of sp³-hybridized carbons (Fsp3) is 0.200. The number of carbonyl (C=O) groups excluding carboxylic acids is 1. The number of ether oxygens (including phenoxy) is 1. The van der Waals surface area contributed by atoms with Crippen molar-refractivity contribution in [3.05, 3.63) is 77.3 Å². The molecule has 1 aromatic heterocycles. The quantitative estimate of drug-likeness (QED) is 0.752. The first-order valence-corrected chi connectivity index (χ1v) is 8.81. The number of imidazole rings is 1. The van der Waals surface area contributed by atoms with Gasteiger partial charge in [-0.15, -0.1) is 0 Å². The molecule has 2 atom stereocenters. The number of hydrogen-bond donors (Lipinski definition) is 1. The Morgan fingerprint density at radius 1 is 1.19 bits per heavy atom. The summed E-state index contributed by atoms with van der Waals surface area (Å²) in [7, 11) is 0. The van der Waals surface area contributed by atoms with Crippen molar-refractivity contribution in [1.29, 1.82) is 0 Å². The minimum Gasteiger partial charge on any atom is -0.482 e. The summed E-state index contributed by atoms with van der Waals surface area (Å²) >= 11 is 6.05. The van der Waals surface area contributed by atoms with Crippen LogP contribution in [0.4, 0.5) is 5.69 Å². The Morgan fingerprint density at radius 2 is 1.96 bits per heavy atom. The molecule has 0 aliphatic carbocycles. The van der Waals surface area contributed by atoms with Gasteiger partial charge in [0.15, 0.2) is 11.9 Å². The Kier molecular flexibility index (Phi) is 4.39. The number of aromatic nitrogens is 2. The second-order valence-electron chi connectivity index (χ2n) is 6.24. The molecule has 5 nitrogen and oxygen atoms in total. The molecule has 132 valence electrons. The maximum absolute atomic E-state index is 13.1. The third-order valence-corrected chi connectivity index (χ3v) is 4.78. The van der Waals surface area contributed by atoms with Crippen molar-refractivity contribution in [2.24, 2.45) is 0 Å². The SMILES string of the molecule is CC1Oc2ccccc2C(N(Cc2ncc[nH]2)c2ccc(Cl)cc2)C1=O. The second-order valence-corrected chi connectivity index (χ2v) is 6.68. The van der Waals surface area contributed by atoms with Gasteiger partial charge in [-0.25, -0.2) is 4.98 Å². The van der Waals surface area contributed by atoms with E-state index in [0.717, 1.165) is 22.8 Å². The molecule has 1 N–H and O–H groups in total. The summed E-state index contributed by atoms with van der Waals surface area (Å²) in [5.74, 6) is 1.54. The standard InChI is InChI=1S/C20H18ClN3O2/c1-13-20(25)19(16-4-2-3-5-17(16)26-13)24(12-18-22-10-11-23-18)15-8-6-14(21)7-9-15/h2-11,13,19H,12H2,1H3,(H,22,23). The van der Waals surface area contributed by atoms with Crippen LogP contribution in [-0.2, 0) is 11.3 Å². The van der Waals surface area contributed by atoms with Crippen LogP contribution in [0.5, 0.6) is 5.75 Å². The lowest BCUT2D eigenvalue weighted by atomic mass is 9.93. The Morgan fingerprint density at radius 3 is 2.69 bits per heavy atom. The van der Waals surface area contributed by atoms with E-state index in [1.165, 1.54) is 0 Å². The number of anilines is 1. The lowest BCUT2D eigenvalue weighted by Crippen LogP contribution is -2.43. The molecule has 0 radical (unpaired) electrons. The molecule has 2 heterocycles. The molecule has 4 rings (SSSR count). The van der Waals surface area contributed by atoms with Crippen LogP contribution in [0.2, 0.25) is 5.02 Å². The average molecular weight is 368 g/mol. The zero-order chi connectivity index (χ0) is 18.1. The molecular weight excluding hydrogens is 350 g/mol. The number of carbonyl (C=O) groups is 1. The van der Waals surface area contributed by atoms with Gasteiger partial charge < -0.3 is 14.6 Å². The minimum atomic E-state index is -0.513. The summed E-state index contributed by atoms with van der Waals surface area (Å²) in [6, 6.07) is 14.7. The minimum absolute atomic E-state index is 0.0187. The predicted molar refractivity (Wildman–Crippen MR) is 101 cm³/mol. The van der Waals surface area contributed by atoms with E-state index in [0.29, 0.717) is 11.6 Å². The number of rotatable bonds is 4. The highest BCUT2D eigenvalue weighted by molar-refractivity contribution is 6.30. The summed E-state index contributed by atoms with van der Waals surface area (Å²) in [5, 5.41) is 0.652. The predicted octanol–water partition coefficient (Wildman–Crippen LogP) is 4.16. The maximum atomic E-state index is 13.1. The first kappa shape index (κ1) is 16.7. The van der Waals surface area contributed by atoms with Gasteiger partial charge >= 0.3 is 0 Å². The molecule has 0 bridgehead atoms. The first-order chi connectivity index (χ1) is 12.6. The van der Waals surface area contributed by atoms with Crippen molar-refractivity contribution >= 4 is 23.1 Å². The molecule has 0 saturated heterocycles. The number of aromatic amines is 1. The molecule has 0 fully saturated rings. The average Bonchev–Trinajstić information content (AvgIpc) is 3.15. The van der Waals surface area contributed by atoms with Gasteiger partial charge in [0.05, 0.1) is 6.54 Å². The van der Waals surface area contributed by atoms with Crippen LogP contribution in [-0.4, -0.2) is 21.9 Å². The van der Waals surface area contributed by atoms with Crippen molar-refractivity contribution < 1.29 is 9.53 Å². The van der Waals surface area contributed by atoms with Crippen LogP contribution >= 0.6 is 11.6 Å². The second kappa shape index (κ2) is 6.84. The van der Waals surface area contributed by atoms with E-state index >= 15 is 0 Å². The summed E-state index contributed by atoms with van der Waals surface area (Å²) < 4.78 is 5.79. The highest BCUT2D eigenvalue weighted by Gasteiger charge is 2.38. The smallest absolute Gasteiger partial charge is 0.199 e. The van der Waals surface area contributed by atoms with E-state index in [9.17, 15) is 4.79 Å². The number of Topliss-reactive ketones (excluding diaryl/α,β-unsaturated/α-hetero) is 1. The molecule has 1 aliphatic rings. The van der Waals surface area contributed by atoms with Gasteiger partial charge in [-0.1, -0.05) is 29.8 Å². The fourth-order valence-corrected chi connectivity index (χ4v) is 3.40.